The smallest absolute Gasteiger partial charge is 0.243 e. The quantitative estimate of drug-likeness (QED) is 0.0146. The second-order valence-corrected chi connectivity index (χ2v) is 23.3. The van der Waals surface area contributed by atoms with Crippen LogP contribution in [0, 0.1) is 11.8 Å². The molecule has 18 N–H and O–H groups in total. The molecule has 29 nitrogen and oxygen atoms in total. The van der Waals surface area contributed by atoms with E-state index < -0.39 is 114 Å². The Bertz CT molecular complexity index is 2940. The maximum Gasteiger partial charge on any atom is 0.243 e. The molecule has 0 radical (unpaired) electrons. The van der Waals surface area contributed by atoms with Gasteiger partial charge in [0, 0.05) is 68.3 Å². The number of hydrazone groups is 2. The Morgan fingerprint density at radius 1 is 0.648 bits per heavy atom. The normalized spacial score (nSPS) is 13.9. The Hall–Kier alpha value is -8.26. The van der Waals surface area contributed by atoms with E-state index in [-0.39, 0.29) is 56.0 Å². The van der Waals surface area contributed by atoms with Crippen LogP contribution in [0.5, 0.6) is 0 Å². The number of benzene rings is 1. The van der Waals surface area contributed by atoms with Crippen LogP contribution in [0.2, 0.25) is 0 Å². The van der Waals surface area contributed by atoms with E-state index in [1.807, 2.05) is 38.3 Å². The van der Waals surface area contributed by atoms with E-state index in [2.05, 4.69) is 89.2 Å². The van der Waals surface area contributed by atoms with Gasteiger partial charge < -0.3 is 74.6 Å². The van der Waals surface area contributed by atoms with Crippen molar-refractivity contribution in [2.24, 2.45) is 33.5 Å². The summed E-state index contributed by atoms with van der Waals surface area (Å²) in [5.74, 6) is -7.38. The Morgan fingerprint density at radius 2 is 1.26 bits per heavy atom. The molecule has 3 aromatic rings. The number of imidazole rings is 1. The summed E-state index contributed by atoms with van der Waals surface area (Å²) < 4.78 is 0. The molecule has 1 aromatic carbocycles. The van der Waals surface area contributed by atoms with Crippen LogP contribution in [0.15, 0.2) is 53.2 Å². The Kier molecular flexibility index (Phi) is 32.6. The molecule has 0 aliphatic heterocycles. The van der Waals surface area contributed by atoms with Gasteiger partial charge >= 0.3 is 0 Å². The van der Waals surface area contributed by atoms with Crippen molar-refractivity contribution >= 4 is 128 Å². The number of hydrogen-bond donors (Lipinski definition) is 16. The predicted molar refractivity (Wildman–Crippen MR) is 345 cm³/mol. The zero-order valence-corrected chi connectivity index (χ0v) is 53.7. The first-order valence-electron chi connectivity index (χ1n) is 28.8. The van der Waals surface area contributed by atoms with Gasteiger partial charge in [-0.25, -0.2) is 4.98 Å². The van der Waals surface area contributed by atoms with Crippen LogP contribution in [0.25, 0.3) is 10.9 Å². The fourth-order valence-electron chi connectivity index (χ4n) is 8.45. The number of thiocarbonyl (C=S) groups is 2. The second kappa shape index (κ2) is 38.8. The number of nitrogens with zero attached hydrogens (tertiary/aromatic N) is 3. The van der Waals surface area contributed by atoms with Crippen LogP contribution in [-0.4, -0.2) is 170 Å². The average Bonchev–Trinajstić information content (AvgIpc) is 3.60. The van der Waals surface area contributed by atoms with Crippen molar-refractivity contribution in [2.75, 3.05) is 32.1 Å². The number of rotatable bonds is 38. The van der Waals surface area contributed by atoms with E-state index in [1.165, 1.54) is 31.2 Å². The summed E-state index contributed by atoms with van der Waals surface area (Å²) in [4.78, 5) is 144. The minimum atomic E-state index is -1.35. The number of amides is 10. The summed E-state index contributed by atoms with van der Waals surface area (Å²) >= 11 is 11.8. The van der Waals surface area contributed by atoms with Crippen LogP contribution in [0.3, 0.4) is 0 Å². The van der Waals surface area contributed by atoms with Crippen molar-refractivity contribution in [1.29, 1.82) is 0 Å². The number of fused-ring (bicyclic) bond motifs is 1. The Morgan fingerprint density at radius 3 is 1.89 bits per heavy atom. The molecule has 0 spiro atoms. The molecule has 32 heteroatoms. The maximum atomic E-state index is 14.3. The molecule has 0 saturated carbocycles. The third-order valence-electron chi connectivity index (χ3n) is 13.5. The zero-order chi connectivity index (χ0) is 65.5. The number of nitrogens with one attached hydrogen (secondary N) is 14. The van der Waals surface area contributed by atoms with Gasteiger partial charge in [0.2, 0.25) is 59.1 Å². The lowest BCUT2D eigenvalue weighted by atomic mass is 10.0. The van der Waals surface area contributed by atoms with E-state index >= 15 is 0 Å². The number of nitrogens with two attached hydrogens (primary N) is 2. The van der Waals surface area contributed by atoms with E-state index in [1.54, 1.807) is 47.0 Å². The van der Waals surface area contributed by atoms with Gasteiger partial charge in [0.1, 0.15) is 42.3 Å². The van der Waals surface area contributed by atoms with E-state index in [0.717, 1.165) is 10.9 Å². The highest BCUT2D eigenvalue weighted by Gasteiger charge is 2.34. The third-order valence-corrected chi connectivity index (χ3v) is 14.7. The first kappa shape index (κ1) is 74.0. The van der Waals surface area contributed by atoms with Crippen molar-refractivity contribution in [2.45, 2.75) is 155 Å². The topological polar surface area (TPSA) is 436 Å². The van der Waals surface area contributed by atoms with Gasteiger partial charge in [0.15, 0.2) is 10.2 Å². The zero-order valence-electron chi connectivity index (χ0n) is 51.2. The van der Waals surface area contributed by atoms with Crippen LogP contribution in [0.4, 0.5) is 0 Å². The number of hydrogen-bond acceptors (Lipinski definition) is 16. The number of H-pyrrole nitrogens is 2. The van der Waals surface area contributed by atoms with Crippen molar-refractivity contribution in [3.05, 3.63) is 54.2 Å². The first-order chi connectivity index (χ1) is 41.7. The molecular formula is C56H87N19O10S3. The monoisotopic (exact) mass is 1280 g/mol. The lowest BCUT2D eigenvalue weighted by molar-refractivity contribution is -0.135. The number of para-hydroxylation sites is 1. The van der Waals surface area contributed by atoms with Gasteiger partial charge in [-0.05, 0) is 113 Å². The number of unbranched alkanes of at least 4 members (excludes halogenated alkanes) is 2. The van der Waals surface area contributed by atoms with Gasteiger partial charge in [-0.15, -0.1) is 0 Å². The molecule has 0 saturated heterocycles. The number of carbonyl (C=O) groups excluding carboxylic acids is 10. The molecule has 2 aromatic heterocycles. The molecule has 0 fully saturated rings. The van der Waals surface area contributed by atoms with Crippen LogP contribution < -0.4 is 75.5 Å². The lowest BCUT2D eigenvalue weighted by Gasteiger charge is -2.26. The fraction of sp³-hybridized carbons (Fsp3) is 0.554. The van der Waals surface area contributed by atoms with E-state index in [9.17, 15) is 47.9 Å². The summed E-state index contributed by atoms with van der Waals surface area (Å²) in [7, 11) is 1.67. The number of thioether (sulfide) groups is 1. The molecular weight excluding hydrogens is 1190 g/mol. The van der Waals surface area contributed by atoms with Gasteiger partial charge in [-0.1, -0.05) is 52.3 Å². The molecule has 3 rings (SSSR count). The van der Waals surface area contributed by atoms with Crippen molar-refractivity contribution in [3.8, 4) is 0 Å². The van der Waals surface area contributed by atoms with Gasteiger partial charge in [0.05, 0.1) is 24.3 Å². The van der Waals surface area contributed by atoms with Crippen LogP contribution in [-0.2, 0) is 60.8 Å². The molecule has 7 atom stereocenters. The number of aromatic nitrogens is 3. The van der Waals surface area contributed by atoms with Crippen molar-refractivity contribution in [1.82, 2.24) is 79.0 Å². The Labute approximate surface area is 527 Å². The molecule has 2 heterocycles. The summed E-state index contributed by atoms with van der Waals surface area (Å²) in [5, 5.41) is 36.6. The second-order valence-electron chi connectivity index (χ2n) is 21.5. The van der Waals surface area contributed by atoms with Crippen LogP contribution in [0.1, 0.15) is 111 Å². The third kappa shape index (κ3) is 27.2. The molecule has 0 bridgehead atoms. The Balaban J connectivity index is 1.68. The highest BCUT2D eigenvalue weighted by molar-refractivity contribution is 7.98. The summed E-state index contributed by atoms with van der Waals surface area (Å²) in [6, 6.07) is -1.29. The summed E-state index contributed by atoms with van der Waals surface area (Å²) in [6.07, 6.45) is 7.87. The largest absolute Gasteiger partial charge is 0.370 e. The van der Waals surface area contributed by atoms with E-state index in [0.29, 0.717) is 59.4 Å². The minimum absolute atomic E-state index is 0.0276. The minimum Gasteiger partial charge on any atom is -0.370 e. The van der Waals surface area contributed by atoms with Gasteiger partial charge in [-0.3, -0.25) is 58.8 Å². The number of carbonyl (C=O) groups is 10. The standard InChI is InChI=1S/C56H87N19O10S3/c1-30(2)23-41(52(83)68-39(48(58)79)20-22-88-9)69-53(84)43(25-36-27-60-29-64-36)67-46(78)28-63-54(85)47(31(3)4)71-49(80)34(7)65-51(82)42(24-35-26-62-38-16-13-12-15-37(35)38)70-50(81)40(18-19-44(57)76)66-45(77)17-11-10-14-21-61-56(87)75-73-33(6)32(5)72-74-55(86)59-8/h12-13,15-16,26-27,29-31,34,39-43,47,62H,10-11,14,17-25,28H2,1-9H3,(H2,57,76)(H2,58,79)(H,60,64)(H,63,85)(H,65,82)(H,66,77)(H,67,78)(H,68,83)(H,69,84)(H,70,81)(H,71,80)(H2,59,74,86)(H2,61,75,87)/b72-32+,73-33-/t34-,39-,40-,41-,42-,43-,47-/m0/s1. The van der Waals surface area contributed by atoms with Crippen molar-refractivity contribution < 1.29 is 47.9 Å². The average molecular weight is 1280 g/mol. The fourth-order valence-corrected chi connectivity index (χ4v) is 9.11. The van der Waals surface area contributed by atoms with Crippen LogP contribution >= 0.6 is 36.2 Å². The summed E-state index contributed by atoms with van der Waals surface area (Å²) in [5.41, 5.74) is 19.4. The molecule has 0 aliphatic rings. The maximum absolute atomic E-state index is 14.3. The summed E-state index contributed by atoms with van der Waals surface area (Å²) in [6.45, 7) is 11.7. The van der Waals surface area contributed by atoms with Crippen molar-refractivity contribution in [3.63, 3.8) is 0 Å². The van der Waals surface area contributed by atoms with Gasteiger partial charge in [0.25, 0.3) is 0 Å². The number of primary amides is 2. The highest BCUT2D eigenvalue weighted by Crippen LogP contribution is 2.20. The molecule has 88 heavy (non-hydrogen) atoms. The molecule has 484 valence electrons. The number of aromatic amines is 2. The lowest BCUT2D eigenvalue weighted by Crippen LogP contribution is -2.59. The van der Waals surface area contributed by atoms with E-state index in [4.69, 9.17) is 35.9 Å². The molecule has 0 unspecified atom stereocenters. The highest BCUT2D eigenvalue weighted by atomic mass is 32.2. The SMILES string of the molecule is CNC(=S)N/N=C(C)/C(C)=N\NC(=S)NCCCCCC(=O)N[C@@H](CCC(N)=O)C(=O)N[C@@H](Cc1c[nH]c2ccccc12)C(=O)N[C@@H](C)C(=O)N[C@H](C(=O)NCC(=O)N[C@@H](Cc1cnc[nH]1)C(=O)N[C@@H](CC(C)C)C(=O)N[C@@H](CCSC)C(N)=O)C(C)C. The predicted octanol–water partition coefficient (Wildman–Crippen LogP) is -0.718. The first-order valence-corrected chi connectivity index (χ1v) is 31.0. The van der Waals surface area contributed by atoms with Gasteiger partial charge in [-0.2, -0.15) is 22.0 Å². The molecule has 10 amide bonds. The molecule has 0 aliphatic carbocycles.